The normalized spacial score (nSPS) is 24.5. The van der Waals surface area contributed by atoms with Crippen LogP contribution in [0, 0.1) is 11.8 Å². The number of hydrogen-bond donors (Lipinski definition) is 1. The molecule has 1 amide bonds. The second-order valence-electron chi connectivity index (χ2n) is 8.34. The maximum Gasteiger partial charge on any atom is 0.223 e. The lowest BCUT2D eigenvalue weighted by Gasteiger charge is -2.48. The minimum Gasteiger partial charge on any atom is -0.374 e. The first-order chi connectivity index (χ1) is 12.6. The van der Waals surface area contributed by atoms with Crippen molar-refractivity contribution in [2.75, 3.05) is 6.61 Å². The average Bonchev–Trinajstić information content (AvgIpc) is 2.63. The third kappa shape index (κ3) is 7.21. The zero-order valence-corrected chi connectivity index (χ0v) is 17.9. The van der Waals surface area contributed by atoms with Crippen LogP contribution in [0.5, 0.6) is 0 Å². The Morgan fingerprint density at radius 2 is 1.54 bits per heavy atom. The number of ether oxygens (including phenoxy) is 1. The summed E-state index contributed by atoms with van der Waals surface area (Å²) in [5.41, 5.74) is 5.57. The lowest BCUT2D eigenvalue weighted by atomic mass is 9.65. The van der Waals surface area contributed by atoms with Crippen LogP contribution in [0.15, 0.2) is 0 Å². The molecule has 0 saturated heterocycles. The Labute approximate surface area is 162 Å². The Hall–Kier alpha value is -0.570. The maximum atomic E-state index is 12.3. The summed E-state index contributed by atoms with van der Waals surface area (Å²) in [4.78, 5) is 12.3. The Kier molecular flexibility index (Phi) is 12.3. The summed E-state index contributed by atoms with van der Waals surface area (Å²) in [6.07, 6.45) is 18.3. The molecule has 0 aromatic rings. The Bertz CT molecular complexity index is 367. The van der Waals surface area contributed by atoms with Crippen molar-refractivity contribution in [1.29, 1.82) is 0 Å². The number of amides is 1. The van der Waals surface area contributed by atoms with Gasteiger partial charge in [0.25, 0.3) is 0 Å². The monoisotopic (exact) mass is 367 g/mol. The minimum absolute atomic E-state index is 0.0944. The number of carbonyl (C=O) groups is 1. The first-order valence-electron chi connectivity index (χ1n) is 11.6. The van der Waals surface area contributed by atoms with E-state index in [1.54, 1.807) is 0 Å². The molecule has 26 heavy (non-hydrogen) atoms. The van der Waals surface area contributed by atoms with Crippen molar-refractivity contribution in [1.82, 2.24) is 0 Å². The van der Waals surface area contributed by atoms with Crippen LogP contribution in [0.1, 0.15) is 117 Å². The van der Waals surface area contributed by atoms with Gasteiger partial charge < -0.3 is 10.5 Å². The van der Waals surface area contributed by atoms with Gasteiger partial charge in [0.2, 0.25) is 5.91 Å². The first kappa shape index (κ1) is 23.5. The zero-order valence-electron chi connectivity index (χ0n) is 17.9. The molecule has 1 saturated carbocycles. The summed E-state index contributed by atoms with van der Waals surface area (Å²) >= 11 is 0. The molecule has 0 aromatic heterocycles. The average molecular weight is 368 g/mol. The molecule has 1 aliphatic rings. The maximum absolute atomic E-state index is 12.3. The molecule has 3 heteroatoms. The number of rotatable bonds is 15. The predicted molar refractivity (Wildman–Crippen MR) is 111 cm³/mol. The smallest absolute Gasteiger partial charge is 0.223 e. The molecule has 0 bridgehead atoms. The second kappa shape index (κ2) is 13.6. The van der Waals surface area contributed by atoms with Crippen LogP contribution in [0.2, 0.25) is 0 Å². The lowest BCUT2D eigenvalue weighted by Crippen LogP contribution is -2.54. The molecule has 0 aromatic carbocycles. The van der Waals surface area contributed by atoms with Crippen molar-refractivity contribution in [3.05, 3.63) is 0 Å². The van der Waals surface area contributed by atoms with Crippen LogP contribution in [-0.2, 0) is 9.53 Å². The fraction of sp³-hybridized carbons (Fsp3) is 0.957. The number of primary amides is 1. The molecule has 0 heterocycles. The van der Waals surface area contributed by atoms with E-state index in [9.17, 15) is 4.79 Å². The summed E-state index contributed by atoms with van der Waals surface area (Å²) < 4.78 is 6.44. The van der Waals surface area contributed by atoms with Crippen molar-refractivity contribution in [2.24, 2.45) is 17.6 Å². The van der Waals surface area contributed by atoms with Gasteiger partial charge in [0.15, 0.2) is 0 Å². The molecule has 3 unspecified atom stereocenters. The SMILES string of the molecule is CCCCCCCC(CCCCCC)C1(OCC)CCCCC1C(N)=O. The van der Waals surface area contributed by atoms with Gasteiger partial charge in [-0.3, -0.25) is 4.79 Å². The number of nitrogens with two attached hydrogens (primary N) is 1. The van der Waals surface area contributed by atoms with Crippen LogP contribution in [0.3, 0.4) is 0 Å². The van der Waals surface area contributed by atoms with E-state index >= 15 is 0 Å². The highest BCUT2D eigenvalue weighted by molar-refractivity contribution is 5.78. The molecule has 1 rings (SSSR count). The van der Waals surface area contributed by atoms with Crippen molar-refractivity contribution < 1.29 is 9.53 Å². The van der Waals surface area contributed by atoms with E-state index in [0.717, 1.165) is 19.3 Å². The number of hydrogen-bond acceptors (Lipinski definition) is 2. The van der Waals surface area contributed by atoms with Gasteiger partial charge in [-0.25, -0.2) is 0 Å². The van der Waals surface area contributed by atoms with Crippen molar-refractivity contribution >= 4 is 5.91 Å². The molecular formula is C23H45NO2. The van der Waals surface area contributed by atoms with Crippen LogP contribution in [0.4, 0.5) is 0 Å². The summed E-state index contributed by atoms with van der Waals surface area (Å²) in [6, 6.07) is 0. The largest absolute Gasteiger partial charge is 0.374 e. The van der Waals surface area contributed by atoms with Gasteiger partial charge >= 0.3 is 0 Å². The van der Waals surface area contributed by atoms with Gasteiger partial charge in [-0.15, -0.1) is 0 Å². The van der Waals surface area contributed by atoms with Gasteiger partial charge in [-0.2, -0.15) is 0 Å². The molecule has 2 N–H and O–H groups in total. The van der Waals surface area contributed by atoms with Gasteiger partial charge in [-0.05, 0) is 38.5 Å². The molecule has 154 valence electrons. The minimum atomic E-state index is -0.296. The van der Waals surface area contributed by atoms with Gasteiger partial charge in [0, 0.05) is 6.61 Å². The Morgan fingerprint density at radius 3 is 2.08 bits per heavy atom. The van der Waals surface area contributed by atoms with Crippen molar-refractivity contribution in [3.8, 4) is 0 Å². The standard InChI is InChI=1S/C23H45NO2/c1-4-7-9-11-13-17-20(16-12-10-8-5-2)23(26-6-3)19-15-14-18-21(23)22(24)25/h20-21H,4-19H2,1-3H3,(H2,24,25). The number of unbranched alkanes of at least 4 members (excludes halogenated alkanes) is 7. The molecule has 3 nitrogen and oxygen atoms in total. The third-order valence-corrected chi connectivity index (χ3v) is 6.41. The second-order valence-corrected chi connectivity index (χ2v) is 8.34. The molecule has 1 fully saturated rings. The van der Waals surface area contributed by atoms with E-state index in [-0.39, 0.29) is 17.4 Å². The van der Waals surface area contributed by atoms with Gasteiger partial charge in [0.05, 0.1) is 11.5 Å². The molecule has 0 radical (unpaired) electrons. The van der Waals surface area contributed by atoms with Crippen molar-refractivity contribution in [2.45, 2.75) is 123 Å². The van der Waals surface area contributed by atoms with E-state index in [2.05, 4.69) is 20.8 Å². The predicted octanol–water partition coefficient (Wildman–Crippen LogP) is 6.38. The summed E-state index contributed by atoms with van der Waals surface area (Å²) in [5.74, 6) is 0.254. The number of carbonyl (C=O) groups excluding carboxylic acids is 1. The fourth-order valence-corrected chi connectivity index (χ4v) is 5.04. The van der Waals surface area contributed by atoms with Crippen LogP contribution in [0.25, 0.3) is 0 Å². The zero-order chi connectivity index (χ0) is 19.3. The van der Waals surface area contributed by atoms with Crippen LogP contribution < -0.4 is 5.73 Å². The molecular weight excluding hydrogens is 322 g/mol. The van der Waals surface area contributed by atoms with Crippen LogP contribution >= 0.6 is 0 Å². The molecule has 1 aliphatic carbocycles. The van der Waals surface area contributed by atoms with E-state index in [0.29, 0.717) is 12.5 Å². The van der Waals surface area contributed by atoms with Crippen molar-refractivity contribution in [3.63, 3.8) is 0 Å². The molecule has 0 aliphatic heterocycles. The highest BCUT2D eigenvalue weighted by atomic mass is 16.5. The molecule has 0 spiro atoms. The van der Waals surface area contributed by atoms with E-state index in [1.807, 2.05) is 0 Å². The highest BCUT2D eigenvalue weighted by Crippen LogP contribution is 2.46. The summed E-state index contributed by atoms with van der Waals surface area (Å²) in [5, 5.41) is 0. The first-order valence-corrected chi connectivity index (χ1v) is 11.6. The fourth-order valence-electron chi connectivity index (χ4n) is 5.04. The van der Waals surface area contributed by atoms with E-state index in [1.165, 1.54) is 77.0 Å². The van der Waals surface area contributed by atoms with Gasteiger partial charge in [0.1, 0.15) is 0 Å². The van der Waals surface area contributed by atoms with Crippen LogP contribution in [-0.4, -0.2) is 18.1 Å². The summed E-state index contributed by atoms with van der Waals surface area (Å²) in [6.45, 7) is 7.28. The Morgan fingerprint density at radius 1 is 0.962 bits per heavy atom. The topological polar surface area (TPSA) is 52.3 Å². The van der Waals surface area contributed by atoms with E-state index in [4.69, 9.17) is 10.5 Å². The molecule has 3 atom stereocenters. The summed E-state index contributed by atoms with van der Waals surface area (Å²) in [7, 11) is 0. The van der Waals surface area contributed by atoms with E-state index < -0.39 is 0 Å². The Balaban J connectivity index is 2.85. The lowest BCUT2D eigenvalue weighted by molar-refractivity contribution is -0.162. The van der Waals surface area contributed by atoms with Gasteiger partial charge in [-0.1, -0.05) is 84.5 Å². The third-order valence-electron chi connectivity index (χ3n) is 6.41. The highest BCUT2D eigenvalue weighted by Gasteiger charge is 2.49. The quantitative estimate of drug-likeness (QED) is 0.341.